The first kappa shape index (κ1) is 18.8. The largest absolute Gasteiger partial charge is 0.492 e. The summed E-state index contributed by atoms with van der Waals surface area (Å²) in [4.78, 5) is 2.20. The smallest absolute Gasteiger partial charge is 0.218 e. The summed E-state index contributed by atoms with van der Waals surface area (Å²) in [7, 11) is -3.38. The number of hydrogen-bond acceptors (Lipinski definition) is 4. The van der Waals surface area contributed by atoms with Crippen LogP contribution < -0.4 is 4.74 Å². The van der Waals surface area contributed by atoms with Crippen LogP contribution in [-0.4, -0.2) is 57.0 Å². The Hall–Kier alpha value is -1.96. The van der Waals surface area contributed by atoms with Crippen LogP contribution in [-0.2, 0) is 15.8 Å². The summed E-state index contributed by atoms with van der Waals surface area (Å²) in [6.45, 7) is 3.64. The Bertz CT molecular complexity index is 789. The highest BCUT2D eigenvalue weighted by atomic mass is 32.2. The molecule has 140 valence electrons. The Labute approximate surface area is 154 Å². The van der Waals surface area contributed by atoms with E-state index in [1.807, 2.05) is 30.3 Å². The lowest BCUT2D eigenvalue weighted by Gasteiger charge is -2.33. The van der Waals surface area contributed by atoms with Crippen molar-refractivity contribution in [1.29, 1.82) is 0 Å². The van der Waals surface area contributed by atoms with Gasteiger partial charge in [0.1, 0.15) is 18.2 Å². The van der Waals surface area contributed by atoms with Crippen molar-refractivity contribution in [1.82, 2.24) is 9.21 Å². The Balaban J connectivity index is 1.44. The molecule has 0 saturated carbocycles. The van der Waals surface area contributed by atoms with E-state index in [1.54, 1.807) is 0 Å². The van der Waals surface area contributed by atoms with E-state index in [9.17, 15) is 12.8 Å². The zero-order valence-corrected chi connectivity index (χ0v) is 15.4. The molecule has 0 aromatic heterocycles. The van der Waals surface area contributed by atoms with Crippen molar-refractivity contribution >= 4 is 10.0 Å². The Morgan fingerprint density at radius 1 is 0.923 bits per heavy atom. The molecular weight excluding hydrogens is 355 g/mol. The summed E-state index contributed by atoms with van der Waals surface area (Å²) in [5.41, 5.74) is 0.602. The van der Waals surface area contributed by atoms with Crippen molar-refractivity contribution in [3.05, 3.63) is 66.0 Å². The second-order valence-corrected chi connectivity index (χ2v) is 8.25. The highest BCUT2D eigenvalue weighted by Crippen LogP contribution is 2.14. The van der Waals surface area contributed by atoms with Gasteiger partial charge in [-0.05, 0) is 29.8 Å². The third-order valence-electron chi connectivity index (χ3n) is 4.41. The fourth-order valence-electron chi connectivity index (χ4n) is 2.92. The molecule has 0 N–H and O–H groups in total. The minimum atomic E-state index is -3.38. The van der Waals surface area contributed by atoms with E-state index in [4.69, 9.17) is 4.74 Å². The molecule has 7 heteroatoms. The lowest BCUT2D eigenvalue weighted by atomic mass is 10.2. The van der Waals surface area contributed by atoms with E-state index in [0.29, 0.717) is 38.3 Å². The molecule has 0 bridgehead atoms. The summed E-state index contributed by atoms with van der Waals surface area (Å²) >= 11 is 0. The summed E-state index contributed by atoms with van der Waals surface area (Å²) in [6, 6.07) is 15.2. The topological polar surface area (TPSA) is 49.9 Å². The normalized spacial score (nSPS) is 16.5. The van der Waals surface area contributed by atoms with Crippen molar-refractivity contribution in [3.63, 3.8) is 0 Å². The molecule has 26 heavy (non-hydrogen) atoms. The first-order valence-corrected chi connectivity index (χ1v) is 10.3. The van der Waals surface area contributed by atoms with Crippen LogP contribution in [0.1, 0.15) is 5.56 Å². The first-order valence-electron chi connectivity index (χ1n) is 8.65. The molecule has 5 nitrogen and oxygen atoms in total. The number of benzene rings is 2. The molecule has 0 amide bonds. The summed E-state index contributed by atoms with van der Waals surface area (Å²) < 4.78 is 45.2. The molecule has 1 saturated heterocycles. The van der Waals surface area contributed by atoms with Gasteiger partial charge in [0, 0.05) is 32.7 Å². The van der Waals surface area contributed by atoms with Gasteiger partial charge in [-0.25, -0.2) is 12.8 Å². The number of sulfonamides is 1. The highest BCUT2D eigenvalue weighted by molar-refractivity contribution is 7.88. The zero-order valence-electron chi connectivity index (χ0n) is 14.6. The van der Waals surface area contributed by atoms with Gasteiger partial charge in [-0.1, -0.05) is 30.3 Å². The molecule has 0 spiro atoms. The quantitative estimate of drug-likeness (QED) is 0.742. The molecule has 1 fully saturated rings. The molecule has 2 aromatic carbocycles. The fraction of sp³-hybridized carbons (Fsp3) is 0.368. The molecule has 0 aliphatic carbocycles. The van der Waals surface area contributed by atoms with E-state index >= 15 is 0 Å². The van der Waals surface area contributed by atoms with Gasteiger partial charge in [-0.3, -0.25) is 4.90 Å². The summed E-state index contributed by atoms with van der Waals surface area (Å²) in [6.07, 6.45) is 0. The van der Waals surface area contributed by atoms with Gasteiger partial charge in [0.25, 0.3) is 0 Å². The second-order valence-electron chi connectivity index (χ2n) is 6.28. The van der Waals surface area contributed by atoms with Crippen molar-refractivity contribution < 1.29 is 17.5 Å². The lowest BCUT2D eigenvalue weighted by Crippen LogP contribution is -2.49. The van der Waals surface area contributed by atoms with Gasteiger partial charge in [0.05, 0.1) is 5.75 Å². The van der Waals surface area contributed by atoms with E-state index in [-0.39, 0.29) is 11.6 Å². The van der Waals surface area contributed by atoms with Gasteiger partial charge >= 0.3 is 0 Å². The molecule has 1 aliphatic rings. The second kappa shape index (κ2) is 8.62. The average Bonchev–Trinajstić information content (AvgIpc) is 2.65. The lowest BCUT2D eigenvalue weighted by molar-refractivity contribution is 0.159. The minimum Gasteiger partial charge on any atom is -0.492 e. The van der Waals surface area contributed by atoms with Crippen LogP contribution in [0.15, 0.2) is 54.6 Å². The molecule has 1 heterocycles. The molecule has 0 unspecified atom stereocenters. The number of halogens is 1. The number of hydrogen-bond donors (Lipinski definition) is 0. The van der Waals surface area contributed by atoms with E-state index in [0.717, 1.165) is 12.3 Å². The number of piperazine rings is 1. The Morgan fingerprint density at radius 2 is 1.58 bits per heavy atom. The standard InChI is InChI=1S/C19H23FN2O3S/c20-18-8-6-17(7-9-18)16-26(23,24)22-12-10-21(11-13-22)14-15-25-19-4-2-1-3-5-19/h1-9H,10-16H2. The van der Waals surface area contributed by atoms with Gasteiger partial charge < -0.3 is 4.74 Å². The van der Waals surface area contributed by atoms with Crippen molar-refractivity contribution in [3.8, 4) is 5.75 Å². The van der Waals surface area contributed by atoms with Crippen LogP contribution in [0.4, 0.5) is 4.39 Å². The third-order valence-corrected chi connectivity index (χ3v) is 6.26. The predicted molar refractivity (Wildman–Crippen MR) is 99.0 cm³/mol. The molecule has 0 radical (unpaired) electrons. The van der Waals surface area contributed by atoms with Gasteiger partial charge in [0.2, 0.25) is 10.0 Å². The minimum absolute atomic E-state index is 0.0929. The van der Waals surface area contributed by atoms with Crippen LogP contribution in [0.2, 0.25) is 0 Å². The maximum Gasteiger partial charge on any atom is 0.218 e. The SMILES string of the molecule is O=S(=O)(Cc1ccc(F)cc1)N1CCN(CCOc2ccccc2)CC1. The van der Waals surface area contributed by atoms with Crippen LogP contribution >= 0.6 is 0 Å². The number of para-hydroxylation sites is 1. The predicted octanol–water partition coefficient (Wildman–Crippen LogP) is 2.35. The summed E-state index contributed by atoms with van der Waals surface area (Å²) in [5, 5.41) is 0. The average molecular weight is 378 g/mol. The number of nitrogens with zero attached hydrogens (tertiary/aromatic N) is 2. The molecular formula is C19H23FN2O3S. The van der Waals surface area contributed by atoms with E-state index in [1.165, 1.54) is 28.6 Å². The Kier molecular flexibility index (Phi) is 6.24. The van der Waals surface area contributed by atoms with E-state index < -0.39 is 10.0 Å². The summed E-state index contributed by atoms with van der Waals surface area (Å²) in [5.74, 6) is 0.384. The molecule has 3 rings (SSSR count). The van der Waals surface area contributed by atoms with Crippen LogP contribution in [0, 0.1) is 5.82 Å². The fourth-order valence-corrected chi connectivity index (χ4v) is 4.44. The number of ether oxygens (including phenoxy) is 1. The molecule has 2 aromatic rings. The molecule has 0 atom stereocenters. The third kappa shape index (κ3) is 5.27. The zero-order chi connectivity index (χ0) is 18.4. The van der Waals surface area contributed by atoms with Crippen LogP contribution in [0.25, 0.3) is 0 Å². The van der Waals surface area contributed by atoms with Crippen LogP contribution in [0.5, 0.6) is 5.75 Å². The maximum absolute atomic E-state index is 13.0. The monoisotopic (exact) mass is 378 g/mol. The molecule has 1 aliphatic heterocycles. The Morgan fingerprint density at radius 3 is 2.23 bits per heavy atom. The van der Waals surface area contributed by atoms with Gasteiger partial charge in [0.15, 0.2) is 0 Å². The van der Waals surface area contributed by atoms with Crippen molar-refractivity contribution in [2.45, 2.75) is 5.75 Å². The van der Waals surface area contributed by atoms with Gasteiger partial charge in [-0.2, -0.15) is 4.31 Å². The van der Waals surface area contributed by atoms with E-state index in [2.05, 4.69) is 4.90 Å². The first-order chi connectivity index (χ1) is 12.5. The highest BCUT2D eigenvalue weighted by Gasteiger charge is 2.26. The maximum atomic E-state index is 13.0. The number of rotatable bonds is 7. The van der Waals surface area contributed by atoms with Crippen molar-refractivity contribution in [2.75, 3.05) is 39.3 Å². The van der Waals surface area contributed by atoms with Gasteiger partial charge in [-0.15, -0.1) is 0 Å². The van der Waals surface area contributed by atoms with Crippen molar-refractivity contribution in [2.24, 2.45) is 0 Å². The van der Waals surface area contributed by atoms with Crippen LogP contribution in [0.3, 0.4) is 0 Å².